The van der Waals surface area contributed by atoms with Gasteiger partial charge in [-0.05, 0) is 18.4 Å². The van der Waals surface area contributed by atoms with Crippen molar-refractivity contribution in [3.63, 3.8) is 0 Å². The van der Waals surface area contributed by atoms with Crippen molar-refractivity contribution in [3.8, 4) is 0 Å². The summed E-state index contributed by atoms with van der Waals surface area (Å²) in [6.45, 7) is 1.28. The van der Waals surface area contributed by atoms with Crippen LogP contribution in [-0.4, -0.2) is 42.9 Å². The van der Waals surface area contributed by atoms with Crippen molar-refractivity contribution in [2.45, 2.75) is 24.9 Å². The molecule has 1 heterocycles. The fourth-order valence-electron chi connectivity index (χ4n) is 2.32. The molecule has 1 aliphatic carbocycles. The lowest BCUT2D eigenvalue weighted by atomic mass is 10.0. The van der Waals surface area contributed by atoms with E-state index in [0.29, 0.717) is 26.2 Å². The molecule has 88 valence electrons. The maximum atomic E-state index is 10.8. The number of rotatable bonds is 6. The maximum Gasteiger partial charge on any atom is 0.320 e. The van der Waals surface area contributed by atoms with Gasteiger partial charge in [-0.25, -0.2) is 0 Å². The minimum atomic E-state index is -0.791. The van der Waals surface area contributed by atoms with Crippen LogP contribution in [-0.2, 0) is 9.53 Å². The summed E-state index contributed by atoms with van der Waals surface area (Å²) < 4.78 is 5.39. The highest BCUT2D eigenvalue weighted by Crippen LogP contribution is 2.54. The number of nitrogens with one attached hydrogen (secondary N) is 1. The summed E-state index contributed by atoms with van der Waals surface area (Å²) in [6.07, 6.45) is 1.62. The smallest absolute Gasteiger partial charge is 0.320 e. The van der Waals surface area contributed by atoms with Crippen LogP contribution < -0.4 is 5.32 Å². The van der Waals surface area contributed by atoms with E-state index in [1.807, 2.05) is 0 Å². The van der Waals surface area contributed by atoms with Gasteiger partial charge in [0.1, 0.15) is 6.04 Å². The van der Waals surface area contributed by atoms with Gasteiger partial charge in [0.05, 0.1) is 13.2 Å². The predicted molar refractivity (Wildman–Crippen MR) is 54.8 cm³/mol. The molecule has 0 aromatic carbocycles. The van der Waals surface area contributed by atoms with Gasteiger partial charge >= 0.3 is 5.97 Å². The first-order valence-electron chi connectivity index (χ1n) is 5.25. The zero-order valence-electron chi connectivity index (χ0n) is 8.80. The number of fused-ring (bicyclic) bond motifs is 1. The predicted octanol–water partition coefficient (Wildman–Crippen LogP) is 0.518. The van der Waals surface area contributed by atoms with Gasteiger partial charge in [0, 0.05) is 22.9 Å². The van der Waals surface area contributed by atoms with Gasteiger partial charge in [-0.15, -0.1) is 0 Å². The van der Waals surface area contributed by atoms with Crippen molar-refractivity contribution in [2.24, 2.45) is 10.5 Å². The molecule has 0 radical (unpaired) electrons. The standard InChI is InChI=1S/C9H14N4O3/c10-13-11-1-2-16-5-9-3-6(8(14)15)12-7(9)4-9/h6-7,12H,1-5H2,(H,14,15)/t6-,7-,9+/m0/s1. The van der Waals surface area contributed by atoms with Crippen molar-refractivity contribution < 1.29 is 14.6 Å². The second-order valence-electron chi connectivity index (χ2n) is 4.39. The Bertz CT molecular complexity index is 342. The Kier molecular flexibility index (Phi) is 3.00. The van der Waals surface area contributed by atoms with Gasteiger partial charge in [-0.2, -0.15) is 0 Å². The normalized spacial score (nSPS) is 35.2. The molecule has 7 nitrogen and oxygen atoms in total. The van der Waals surface area contributed by atoms with Crippen LogP contribution in [0.2, 0.25) is 0 Å². The first-order chi connectivity index (χ1) is 7.68. The average Bonchev–Trinajstić information content (AvgIpc) is 2.80. The fraction of sp³-hybridized carbons (Fsp3) is 0.889. The van der Waals surface area contributed by atoms with Crippen LogP contribution in [0, 0.1) is 5.41 Å². The molecule has 1 saturated carbocycles. The second kappa shape index (κ2) is 4.29. The zero-order valence-corrected chi connectivity index (χ0v) is 8.80. The van der Waals surface area contributed by atoms with E-state index in [-0.39, 0.29) is 11.5 Å². The topological polar surface area (TPSA) is 107 Å². The van der Waals surface area contributed by atoms with E-state index in [9.17, 15) is 4.79 Å². The van der Waals surface area contributed by atoms with Gasteiger partial charge in [0.2, 0.25) is 0 Å². The molecule has 0 unspecified atom stereocenters. The van der Waals surface area contributed by atoms with Crippen LogP contribution in [0.25, 0.3) is 10.4 Å². The second-order valence-corrected chi connectivity index (χ2v) is 4.39. The van der Waals surface area contributed by atoms with Crippen LogP contribution >= 0.6 is 0 Å². The Morgan fingerprint density at radius 3 is 3.12 bits per heavy atom. The maximum absolute atomic E-state index is 10.8. The number of azide groups is 1. The first kappa shape index (κ1) is 11.2. The lowest BCUT2D eigenvalue weighted by Crippen LogP contribution is -2.33. The molecule has 1 saturated heterocycles. The number of carboxylic acids is 1. The Morgan fingerprint density at radius 1 is 1.69 bits per heavy atom. The molecule has 1 aliphatic heterocycles. The Labute approximate surface area is 92.4 Å². The van der Waals surface area contributed by atoms with Crippen molar-refractivity contribution in [1.29, 1.82) is 0 Å². The molecule has 16 heavy (non-hydrogen) atoms. The monoisotopic (exact) mass is 226 g/mol. The minimum absolute atomic E-state index is 0.0133. The number of hydrogen-bond donors (Lipinski definition) is 2. The number of carbonyl (C=O) groups is 1. The molecule has 0 aromatic rings. The van der Waals surface area contributed by atoms with Crippen LogP contribution in [0.15, 0.2) is 5.11 Å². The van der Waals surface area contributed by atoms with Crippen LogP contribution in [0.4, 0.5) is 0 Å². The summed E-state index contributed by atoms with van der Waals surface area (Å²) in [7, 11) is 0. The summed E-state index contributed by atoms with van der Waals surface area (Å²) in [5.74, 6) is -0.791. The van der Waals surface area contributed by atoms with Gasteiger partial charge in [-0.3, -0.25) is 4.79 Å². The van der Waals surface area contributed by atoms with E-state index in [1.54, 1.807) is 0 Å². The third kappa shape index (κ3) is 2.11. The Hall–Kier alpha value is -1.30. The van der Waals surface area contributed by atoms with Gasteiger partial charge < -0.3 is 15.2 Å². The molecular formula is C9H14N4O3. The molecule has 3 atom stereocenters. The SMILES string of the molecule is [N-]=[N+]=NCCOC[C@]12C[C@@H](C(=O)O)N[C@H]1C2. The lowest BCUT2D eigenvalue weighted by molar-refractivity contribution is -0.139. The van der Waals surface area contributed by atoms with E-state index < -0.39 is 12.0 Å². The van der Waals surface area contributed by atoms with Gasteiger partial charge in [0.25, 0.3) is 0 Å². The van der Waals surface area contributed by atoms with Crippen molar-refractivity contribution in [2.75, 3.05) is 19.8 Å². The number of piperidine rings is 1. The molecule has 2 fully saturated rings. The highest BCUT2D eigenvalue weighted by atomic mass is 16.5. The van der Waals surface area contributed by atoms with E-state index in [1.165, 1.54) is 0 Å². The molecule has 0 bridgehead atoms. The Balaban J connectivity index is 1.71. The third-order valence-corrected chi connectivity index (χ3v) is 3.29. The molecule has 2 rings (SSSR count). The molecule has 0 spiro atoms. The van der Waals surface area contributed by atoms with Gasteiger partial charge in [0.15, 0.2) is 0 Å². The summed E-state index contributed by atoms with van der Waals surface area (Å²) in [5, 5.41) is 15.3. The quantitative estimate of drug-likeness (QED) is 0.298. The number of nitrogens with zero attached hydrogens (tertiary/aromatic N) is 3. The lowest BCUT2D eigenvalue weighted by Gasteiger charge is -2.12. The van der Waals surface area contributed by atoms with E-state index in [2.05, 4.69) is 15.3 Å². The van der Waals surface area contributed by atoms with E-state index in [4.69, 9.17) is 15.4 Å². The van der Waals surface area contributed by atoms with Crippen molar-refractivity contribution >= 4 is 5.97 Å². The van der Waals surface area contributed by atoms with Crippen LogP contribution in [0.1, 0.15) is 12.8 Å². The van der Waals surface area contributed by atoms with Crippen LogP contribution in [0.5, 0.6) is 0 Å². The molecule has 2 aliphatic rings. The highest BCUT2D eigenvalue weighted by Gasteiger charge is 2.61. The summed E-state index contributed by atoms with van der Waals surface area (Å²) >= 11 is 0. The number of hydrogen-bond acceptors (Lipinski definition) is 4. The van der Waals surface area contributed by atoms with Crippen molar-refractivity contribution in [1.82, 2.24) is 5.32 Å². The molecular weight excluding hydrogens is 212 g/mol. The summed E-state index contributed by atoms with van der Waals surface area (Å²) in [5.41, 5.74) is 8.07. The zero-order chi connectivity index (χ0) is 11.6. The van der Waals surface area contributed by atoms with Crippen molar-refractivity contribution in [3.05, 3.63) is 10.4 Å². The largest absolute Gasteiger partial charge is 0.480 e. The average molecular weight is 226 g/mol. The summed E-state index contributed by atoms with van der Waals surface area (Å²) in [4.78, 5) is 13.4. The third-order valence-electron chi connectivity index (χ3n) is 3.29. The van der Waals surface area contributed by atoms with Gasteiger partial charge in [-0.1, -0.05) is 5.11 Å². The van der Waals surface area contributed by atoms with E-state index in [0.717, 1.165) is 6.42 Å². The number of carboxylic acid groups (broad SMARTS) is 1. The number of ether oxygens (including phenoxy) is 1. The van der Waals surface area contributed by atoms with E-state index >= 15 is 0 Å². The first-order valence-corrected chi connectivity index (χ1v) is 5.25. The minimum Gasteiger partial charge on any atom is -0.480 e. The fourth-order valence-corrected chi connectivity index (χ4v) is 2.32. The highest BCUT2D eigenvalue weighted by molar-refractivity contribution is 5.74. The molecule has 7 heteroatoms. The number of aliphatic carboxylic acids is 1. The Morgan fingerprint density at radius 2 is 2.50 bits per heavy atom. The summed E-state index contributed by atoms with van der Waals surface area (Å²) in [6, 6.07) is -0.146. The molecule has 0 aromatic heterocycles. The van der Waals surface area contributed by atoms with Crippen LogP contribution in [0.3, 0.4) is 0 Å². The molecule has 2 N–H and O–H groups in total. The molecule has 0 amide bonds.